The number of nitrogens with one attached hydrogen (secondary N) is 1. The van der Waals surface area contributed by atoms with Crippen LogP contribution in [-0.4, -0.2) is 63.0 Å². The van der Waals surface area contributed by atoms with Gasteiger partial charge < -0.3 is 19.7 Å². The number of carbonyl (C=O) groups is 1. The smallest absolute Gasteiger partial charge is 0.317 e. The van der Waals surface area contributed by atoms with Crippen LogP contribution in [0, 0.1) is 11.3 Å². The third-order valence-electron chi connectivity index (χ3n) is 5.55. The third kappa shape index (κ3) is 4.49. The van der Waals surface area contributed by atoms with E-state index in [4.69, 9.17) is 14.7 Å². The summed E-state index contributed by atoms with van der Waals surface area (Å²) in [5, 5.41) is 11.8. The first-order valence-corrected chi connectivity index (χ1v) is 11.8. The summed E-state index contributed by atoms with van der Waals surface area (Å²) in [6.07, 6.45) is 0. The largest absolute Gasteiger partial charge is 0.486 e. The molecule has 0 aliphatic carbocycles. The average molecular weight is 457 g/mol. The van der Waals surface area contributed by atoms with Gasteiger partial charge in [-0.05, 0) is 48.9 Å². The van der Waals surface area contributed by atoms with Crippen molar-refractivity contribution in [2.24, 2.45) is 0 Å². The summed E-state index contributed by atoms with van der Waals surface area (Å²) >= 11 is 0. The van der Waals surface area contributed by atoms with Crippen molar-refractivity contribution in [3.63, 3.8) is 0 Å². The van der Waals surface area contributed by atoms with Crippen molar-refractivity contribution in [3.8, 4) is 17.6 Å². The molecule has 0 aromatic heterocycles. The highest BCUT2D eigenvalue weighted by Gasteiger charge is 2.30. The monoisotopic (exact) mass is 456 g/mol. The first-order chi connectivity index (χ1) is 15.4. The van der Waals surface area contributed by atoms with Gasteiger partial charge in [-0.1, -0.05) is 6.07 Å². The number of benzene rings is 2. The molecule has 2 aromatic carbocycles. The number of nitrogens with zero attached hydrogens (tertiary/aromatic N) is 3. The molecule has 2 heterocycles. The molecule has 168 valence electrons. The number of sulfonamides is 1. The Labute approximate surface area is 187 Å². The number of hydrogen-bond acceptors (Lipinski definition) is 6. The molecule has 1 N–H and O–H groups in total. The first-order valence-electron chi connectivity index (χ1n) is 10.3. The molecule has 2 amide bonds. The molecule has 10 heteroatoms. The highest BCUT2D eigenvalue weighted by atomic mass is 32.2. The summed E-state index contributed by atoms with van der Waals surface area (Å²) < 4.78 is 38.2. The predicted molar refractivity (Wildman–Crippen MR) is 116 cm³/mol. The van der Waals surface area contributed by atoms with E-state index in [-0.39, 0.29) is 43.1 Å². The van der Waals surface area contributed by atoms with Gasteiger partial charge in [0.25, 0.3) is 0 Å². The van der Waals surface area contributed by atoms with Crippen molar-refractivity contribution in [3.05, 3.63) is 53.6 Å². The van der Waals surface area contributed by atoms with Gasteiger partial charge in [-0.3, -0.25) is 0 Å². The number of hydrogen-bond donors (Lipinski definition) is 1. The lowest BCUT2D eigenvalue weighted by Crippen LogP contribution is -2.53. The number of piperazine rings is 1. The van der Waals surface area contributed by atoms with Crippen molar-refractivity contribution in [1.82, 2.24) is 14.5 Å². The van der Waals surface area contributed by atoms with Crippen molar-refractivity contribution in [1.29, 1.82) is 5.26 Å². The number of carbonyl (C=O) groups excluding carboxylic acids is 1. The van der Waals surface area contributed by atoms with Gasteiger partial charge in [-0.2, -0.15) is 9.57 Å². The maximum atomic E-state index is 12.8. The van der Waals surface area contributed by atoms with Crippen molar-refractivity contribution in [2.75, 3.05) is 39.4 Å². The van der Waals surface area contributed by atoms with Crippen molar-refractivity contribution in [2.45, 2.75) is 17.9 Å². The topological polar surface area (TPSA) is 112 Å². The Hall–Kier alpha value is -3.29. The molecular formula is C22H24N4O5S. The molecule has 1 atom stereocenters. The van der Waals surface area contributed by atoms with E-state index < -0.39 is 10.0 Å². The molecule has 0 bridgehead atoms. The predicted octanol–water partition coefficient (Wildman–Crippen LogP) is 2.11. The maximum absolute atomic E-state index is 12.8. The zero-order valence-electron chi connectivity index (χ0n) is 17.7. The van der Waals surface area contributed by atoms with E-state index >= 15 is 0 Å². The second-order valence-corrected chi connectivity index (χ2v) is 9.54. The SMILES string of the molecule is CC(NC(=O)N1CCN(S(=O)(=O)c2ccc(C#N)cc2)CC1)c1ccc2c(c1)OCCO2. The van der Waals surface area contributed by atoms with E-state index in [0.29, 0.717) is 30.3 Å². The van der Waals surface area contributed by atoms with Crippen LogP contribution in [0.4, 0.5) is 4.79 Å². The molecule has 1 fully saturated rings. The molecule has 9 nitrogen and oxygen atoms in total. The van der Waals surface area contributed by atoms with Crippen LogP contribution < -0.4 is 14.8 Å². The van der Waals surface area contributed by atoms with E-state index in [1.807, 2.05) is 31.2 Å². The zero-order chi connectivity index (χ0) is 22.7. The van der Waals surface area contributed by atoms with Gasteiger partial charge in [-0.15, -0.1) is 0 Å². The van der Waals surface area contributed by atoms with E-state index in [1.165, 1.54) is 28.6 Å². The molecular weight excluding hydrogens is 432 g/mol. The number of nitriles is 1. The van der Waals surface area contributed by atoms with Crippen molar-refractivity contribution < 1.29 is 22.7 Å². The highest BCUT2D eigenvalue weighted by Crippen LogP contribution is 2.32. The Morgan fingerprint density at radius 2 is 1.69 bits per heavy atom. The minimum absolute atomic E-state index is 0.140. The van der Waals surface area contributed by atoms with Crippen LogP contribution in [0.1, 0.15) is 24.1 Å². The highest BCUT2D eigenvalue weighted by molar-refractivity contribution is 7.89. The van der Waals surface area contributed by atoms with Crippen LogP contribution >= 0.6 is 0 Å². The van der Waals surface area contributed by atoms with Gasteiger partial charge in [0.2, 0.25) is 10.0 Å². The van der Waals surface area contributed by atoms with Crippen LogP contribution in [0.5, 0.6) is 11.5 Å². The summed E-state index contributed by atoms with van der Waals surface area (Å²) in [6.45, 7) is 3.88. The van der Waals surface area contributed by atoms with Gasteiger partial charge in [0.15, 0.2) is 11.5 Å². The minimum atomic E-state index is -3.67. The molecule has 0 spiro atoms. The minimum Gasteiger partial charge on any atom is -0.486 e. The summed E-state index contributed by atoms with van der Waals surface area (Å²) in [4.78, 5) is 14.5. The second kappa shape index (κ2) is 9.06. The molecule has 32 heavy (non-hydrogen) atoms. The lowest BCUT2D eigenvalue weighted by atomic mass is 10.1. The van der Waals surface area contributed by atoms with Gasteiger partial charge >= 0.3 is 6.03 Å². The summed E-state index contributed by atoms with van der Waals surface area (Å²) in [7, 11) is -3.67. The molecule has 2 aliphatic rings. The third-order valence-corrected chi connectivity index (χ3v) is 7.47. The standard InChI is InChI=1S/C22H24N4O5S/c1-16(18-4-7-20-21(14-18)31-13-12-30-20)24-22(27)25-8-10-26(11-9-25)32(28,29)19-5-2-17(15-23)3-6-19/h2-7,14,16H,8-13H2,1H3,(H,24,27). The fourth-order valence-electron chi connectivity index (χ4n) is 3.67. The second-order valence-electron chi connectivity index (χ2n) is 7.60. The fourth-order valence-corrected chi connectivity index (χ4v) is 5.09. The number of fused-ring (bicyclic) bond motifs is 1. The summed E-state index contributed by atoms with van der Waals surface area (Å²) in [5.41, 5.74) is 1.29. The lowest BCUT2D eigenvalue weighted by Gasteiger charge is -2.34. The molecule has 0 radical (unpaired) electrons. The Kier molecular flexibility index (Phi) is 6.21. The molecule has 1 unspecified atom stereocenters. The summed E-state index contributed by atoms with van der Waals surface area (Å²) in [5.74, 6) is 1.36. The molecule has 2 aromatic rings. The lowest BCUT2D eigenvalue weighted by molar-refractivity contribution is 0.168. The number of amides is 2. The van der Waals surface area contributed by atoms with Crippen LogP contribution in [0.2, 0.25) is 0 Å². The molecule has 2 aliphatic heterocycles. The average Bonchev–Trinajstić information content (AvgIpc) is 2.83. The van der Waals surface area contributed by atoms with E-state index in [1.54, 1.807) is 4.90 Å². The molecule has 4 rings (SSSR count). The molecule has 1 saturated heterocycles. The Morgan fingerprint density at radius 3 is 2.34 bits per heavy atom. The van der Waals surface area contributed by atoms with Gasteiger partial charge in [0.1, 0.15) is 13.2 Å². The maximum Gasteiger partial charge on any atom is 0.317 e. The van der Waals surface area contributed by atoms with E-state index in [2.05, 4.69) is 5.32 Å². The first kappa shape index (κ1) is 21.9. The van der Waals surface area contributed by atoms with E-state index in [0.717, 1.165) is 5.56 Å². The van der Waals surface area contributed by atoms with Gasteiger partial charge in [-0.25, -0.2) is 13.2 Å². The number of urea groups is 1. The Balaban J connectivity index is 1.34. The number of rotatable bonds is 4. The quantitative estimate of drug-likeness (QED) is 0.754. The Morgan fingerprint density at radius 1 is 1.03 bits per heavy atom. The van der Waals surface area contributed by atoms with Gasteiger partial charge in [0, 0.05) is 26.2 Å². The fraction of sp³-hybridized carbons (Fsp3) is 0.364. The molecule has 0 saturated carbocycles. The van der Waals surface area contributed by atoms with Crippen LogP contribution in [0.25, 0.3) is 0 Å². The van der Waals surface area contributed by atoms with Crippen LogP contribution in [0.15, 0.2) is 47.4 Å². The van der Waals surface area contributed by atoms with Crippen LogP contribution in [-0.2, 0) is 10.0 Å². The van der Waals surface area contributed by atoms with E-state index in [9.17, 15) is 13.2 Å². The van der Waals surface area contributed by atoms with Gasteiger partial charge in [0.05, 0.1) is 22.6 Å². The number of ether oxygens (including phenoxy) is 2. The van der Waals surface area contributed by atoms with Crippen molar-refractivity contribution >= 4 is 16.1 Å². The normalized spacial score (nSPS) is 17.3. The summed E-state index contributed by atoms with van der Waals surface area (Å²) in [6, 6.07) is 12.9. The van der Waals surface area contributed by atoms with Crippen LogP contribution in [0.3, 0.4) is 0 Å². The Bertz CT molecular complexity index is 1140. The zero-order valence-corrected chi connectivity index (χ0v) is 18.5.